The van der Waals surface area contributed by atoms with E-state index in [1.807, 2.05) is 48.5 Å². The quantitative estimate of drug-likeness (QED) is 0.223. The van der Waals surface area contributed by atoms with Crippen molar-refractivity contribution in [2.24, 2.45) is 0 Å². The highest BCUT2D eigenvalue weighted by molar-refractivity contribution is 6.07. The van der Waals surface area contributed by atoms with Crippen LogP contribution in [0.25, 0.3) is 77.3 Å². The van der Waals surface area contributed by atoms with E-state index in [1.165, 1.54) is 0 Å². The van der Waals surface area contributed by atoms with Gasteiger partial charge >= 0.3 is 0 Å². The van der Waals surface area contributed by atoms with E-state index in [-0.39, 0.29) is 6.79 Å². The fraction of sp³-hybridized carbons (Fsp3) is 0.0270. The molecular weight excluding hydrogens is 508 g/mol. The summed E-state index contributed by atoms with van der Waals surface area (Å²) in [6.45, 7) is 0.161. The van der Waals surface area contributed by atoms with Crippen LogP contribution in [0.3, 0.4) is 0 Å². The molecule has 0 saturated heterocycles. The van der Waals surface area contributed by atoms with E-state index in [1.54, 1.807) is 0 Å². The molecule has 194 valence electrons. The van der Waals surface area contributed by atoms with E-state index >= 15 is 0 Å². The number of para-hydroxylation sites is 2. The van der Waals surface area contributed by atoms with Crippen LogP contribution in [-0.2, 0) is 0 Å². The van der Waals surface area contributed by atoms with Crippen LogP contribution in [0.5, 0.6) is 11.5 Å². The second kappa shape index (κ2) is 8.51. The molecule has 6 aromatic carbocycles. The van der Waals surface area contributed by atoms with Crippen LogP contribution in [0.4, 0.5) is 0 Å². The predicted octanol–water partition coefficient (Wildman–Crippen LogP) is 10.2. The highest BCUT2D eigenvalue weighted by atomic mass is 16.7. The van der Waals surface area contributed by atoms with Gasteiger partial charge in [0.15, 0.2) is 0 Å². The summed E-state index contributed by atoms with van der Waals surface area (Å²) in [6, 6.07) is 41.7. The average molecular weight is 531 g/mol. The zero-order chi connectivity index (χ0) is 26.9. The third kappa shape index (κ3) is 3.47. The molecule has 3 heterocycles. The van der Waals surface area contributed by atoms with Crippen molar-refractivity contribution in [2.75, 3.05) is 6.79 Å². The number of ether oxygens (including phenoxy) is 2. The summed E-state index contributed by atoms with van der Waals surface area (Å²) in [7, 11) is 0. The number of hydrogen-bond acceptors (Lipinski definition) is 4. The standard InChI is InChI=1S/C37H22O4/c1-3-7-34-26(5-1)28-13-9-24(19-36(28)40-34)22-11-15-32-30(17-22)31-18-23(12-16-33(31)39-21-38-32)25-10-14-29-27-6-2-4-8-35(27)41-37(29)20-25/h1-20H,21H2. The van der Waals surface area contributed by atoms with Gasteiger partial charge in [-0.25, -0.2) is 0 Å². The van der Waals surface area contributed by atoms with Gasteiger partial charge in [0.05, 0.1) is 0 Å². The van der Waals surface area contributed by atoms with Crippen molar-refractivity contribution in [1.82, 2.24) is 0 Å². The molecule has 0 radical (unpaired) electrons. The maximum absolute atomic E-state index is 6.17. The Bertz CT molecular complexity index is 2140. The van der Waals surface area contributed by atoms with Gasteiger partial charge in [-0.15, -0.1) is 0 Å². The first-order valence-corrected chi connectivity index (χ1v) is 13.7. The fourth-order valence-electron chi connectivity index (χ4n) is 6.06. The van der Waals surface area contributed by atoms with Crippen molar-refractivity contribution < 1.29 is 18.3 Å². The van der Waals surface area contributed by atoms with Crippen molar-refractivity contribution in [3.8, 4) is 44.9 Å². The lowest BCUT2D eigenvalue weighted by molar-refractivity contribution is 0.125. The first kappa shape index (κ1) is 22.3. The lowest BCUT2D eigenvalue weighted by atomic mass is 9.94. The maximum Gasteiger partial charge on any atom is 0.230 e. The molecular formula is C37H22O4. The average Bonchev–Trinajstić information content (AvgIpc) is 3.52. The minimum absolute atomic E-state index is 0.161. The van der Waals surface area contributed by atoms with Crippen LogP contribution in [0.1, 0.15) is 0 Å². The van der Waals surface area contributed by atoms with Gasteiger partial charge in [0.25, 0.3) is 0 Å². The third-order valence-electron chi connectivity index (χ3n) is 8.10. The molecule has 41 heavy (non-hydrogen) atoms. The SMILES string of the molecule is c1ccc2c(c1)oc1cc(-c3ccc4c(c3)-c3cc(-c5ccc6c(c5)oc5ccccc56)ccc3OCO4)ccc12. The van der Waals surface area contributed by atoms with E-state index in [9.17, 15) is 0 Å². The Morgan fingerprint density at radius 2 is 0.780 bits per heavy atom. The Balaban J connectivity index is 1.17. The Labute approximate surface area is 235 Å². The summed E-state index contributed by atoms with van der Waals surface area (Å²) in [4.78, 5) is 0. The lowest BCUT2D eigenvalue weighted by Crippen LogP contribution is -2.03. The normalized spacial score (nSPS) is 12.7. The monoisotopic (exact) mass is 530 g/mol. The van der Waals surface area contributed by atoms with E-state index in [0.717, 1.165) is 88.8 Å². The number of fused-ring (bicyclic) bond motifs is 9. The Morgan fingerprint density at radius 3 is 1.29 bits per heavy atom. The van der Waals surface area contributed by atoms with Crippen molar-refractivity contribution in [3.63, 3.8) is 0 Å². The van der Waals surface area contributed by atoms with Gasteiger partial charge in [0.1, 0.15) is 33.8 Å². The minimum Gasteiger partial charge on any atom is -0.457 e. The topological polar surface area (TPSA) is 44.7 Å². The van der Waals surface area contributed by atoms with Crippen molar-refractivity contribution in [3.05, 3.63) is 121 Å². The number of rotatable bonds is 2. The van der Waals surface area contributed by atoms with E-state index in [2.05, 4.69) is 72.8 Å². The molecule has 4 heteroatoms. The largest absolute Gasteiger partial charge is 0.457 e. The smallest absolute Gasteiger partial charge is 0.230 e. The summed E-state index contributed by atoms with van der Waals surface area (Å²) in [5.74, 6) is 1.59. The van der Waals surface area contributed by atoms with Crippen LogP contribution < -0.4 is 9.47 Å². The van der Waals surface area contributed by atoms with Gasteiger partial charge in [-0.1, -0.05) is 60.7 Å². The molecule has 0 N–H and O–H groups in total. The van der Waals surface area contributed by atoms with Crippen LogP contribution in [0, 0.1) is 0 Å². The van der Waals surface area contributed by atoms with E-state index < -0.39 is 0 Å². The van der Waals surface area contributed by atoms with Gasteiger partial charge in [0.2, 0.25) is 6.79 Å². The first-order chi connectivity index (χ1) is 20.3. The molecule has 4 nitrogen and oxygen atoms in total. The van der Waals surface area contributed by atoms with Crippen molar-refractivity contribution in [2.45, 2.75) is 0 Å². The van der Waals surface area contributed by atoms with Gasteiger partial charge in [-0.2, -0.15) is 0 Å². The van der Waals surface area contributed by atoms with Gasteiger partial charge in [0, 0.05) is 32.7 Å². The summed E-state index contributed by atoms with van der Waals surface area (Å²) in [5, 5.41) is 4.49. The molecule has 0 aliphatic carbocycles. The van der Waals surface area contributed by atoms with Gasteiger partial charge in [-0.3, -0.25) is 0 Å². The highest BCUT2D eigenvalue weighted by Crippen LogP contribution is 2.44. The molecule has 2 aromatic heterocycles. The maximum atomic E-state index is 6.17. The predicted molar refractivity (Wildman–Crippen MR) is 163 cm³/mol. The molecule has 0 unspecified atom stereocenters. The van der Waals surface area contributed by atoms with E-state index in [4.69, 9.17) is 18.3 Å². The zero-order valence-corrected chi connectivity index (χ0v) is 21.9. The van der Waals surface area contributed by atoms with Crippen LogP contribution in [0.2, 0.25) is 0 Å². The molecule has 0 saturated carbocycles. The third-order valence-corrected chi connectivity index (χ3v) is 8.10. The molecule has 0 amide bonds. The fourth-order valence-corrected chi connectivity index (χ4v) is 6.06. The first-order valence-electron chi connectivity index (χ1n) is 13.7. The molecule has 0 bridgehead atoms. The number of benzene rings is 6. The minimum atomic E-state index is 0.161. The Kier molecular flexibility index (Phi) is 4.64. The second-order valence-electron chi connectivity index (χ2n) is 10.4. The Morgan fingerprint density at radius 1 is 0.366 bits per heavy atom. The molecule has 9 rings (SSSR count). The molecule has 1 aliphatic heterocycles. The van der Waals surface area contributed by atoms with E-state index in [0.29, 0.717) is 0 Å². The Hall–Kier alpha value is -5.48. The zero-order valence-electron chi connectivity index (χ0n) is 21.9. The van der Waals surface area contributed by atoms with Crippen LogP contribution in [-0.4, -0.2) is 6.79 Å². The van der Waals surface area contributed by atoms with Gasteiger partial charge in [-0.05, 0) is 82.9 Å². The summed E-state index contributed by atoms with van der Waals surface area (Å²) >= 11 is 0. The van der Waals surface area contributed by atoms with Gasteiger partial charge < -0.3 is 18.3 Å². The molecule has 8 aromatic rings. The van der Waals surface area contributed by atoms with Crippen LogP contribution >= 0.6 is 0 Å². The molecule has 0 spiro atoms. The molecule has 0 fully saturated rings. The lowest BCUT2D eigenvalue weighted by Gasteiger charge is -2.12. The molecule has 1 aliphatic rings. The highest BCUT2D eigenvalue weighted by Gasteiger charge is 2.19. The number of hydrogen-bond donors (Lipinski definition) is 0. The van der Waals surface area contributed by atoms with Crippen LogP contribution in [0.15, 0.2) is 130 Å². The summed E-state index contributed by atoms with van der Waals surface area (Å²) in [6.07, 6.45) is 0. The molecule has 0 atom stereocenters. The number of furan rings is 2. The van der Waals surface area contributed by atoms with Crippen molar-refractivity contribution >= 4 is 43.9 Å². The summed E-state index contributed by atoms with van der Waals surface area (Å²) < 4.78 is 24.4. The summed E-state index contributed by atoms with van der Waals surface area (Å²) in [5.41, 5.74) is 9.86. The second-order valence-corrected chi connectivity index (χ2v) is 10.4. The van der Waals surface area contributed by atoms with Crippen molar-refractivity contribution in [1.29, 1.82) is 0 Å².